The number of nitrogens with zero attached hydrogens (tertiary/aromatic N) is 3. The number of benzene rings is 2. The first kappa shape index (κ1) is 15.9. The molecule has 7 heteroatoms. The Morgan fingerprint density at radius 1 is 1.12 bits per heavy atom. The quantitative estimate of drug-likeness (QED) is 0.774. The van der Waals surface area contributed by atoms with Gasteiger partial charge in [-0.15, -0.1) is 0 Å². The van der Waals surface area contributed by atoms with Crippen molar-refractivity contribution in [3.63, 3.8) is 0 Å². The van der Waals surface area contributed by atoms with Gasteiger partial charge in [0.1, 0.15) is 5.69 Å². The van der Waals surface area contributed by atoms with Crippen molar-refractivity contribution in [1.29, 1.82) is 0 Å². The molecule has 24 heavy (non-hydrogen) atoms. The molecular weight excluding hydrogens is 324 g/mol. The summed E-state index contributed by atoms with van der Waals surface area (Å²) < 4.78 is 27.2. The Labute approximate surface area is 140 Å². The lowest BCUT2D eigenvalue weighted by Crippen LogP contribution is -2.25. The van der Waals surface area contributed by atoms with Gasteiger partial charge in [0.2, 0.25) is 0 Å². The third kappa shape index (κ3) is 2.81. The Bertz CT molecular complexity index is 949. The molecule has 3 rings (SSSR count). The number of aryl methyl sites for hydroxylation is 1. The first-order chi connectivity index (χ1) is 11.5. The highest BCUT2D eigenvalue weighted by Gasteiger charge is 2.25. The van der Waals surface area contributed by atoms with Crippen molar-refractivity contribution >= 4 is 15.7 Å². The van der Waals surface area contributed by atoms with Crippen molar-refractivity contribution < 1.29 is 8.42 Å². The molecule has 1 heterocycles. The predicted octanol–water partition coefficient (Wildman–Crippen LogP) is 3.12. The third-order valence-corrected chi connectivity index (χ3v) is 5.31. The Kier molecular flexibility index (Phi) is 4.18. The molecule has 6 nitrogen and oxygen atoms in total. The molecule has 0 aliphatic heterocycles. The van der Waals surface area contributed by atoms with Crippen molar-refractivity contribution in [3.05, 3.63) is 73.1 Å². The molecule has 2 aromatic carbocycles. The van der Waals surface area contributed by atoms with E-state index < -0.39 is 10.0 Å². The molecule has 0 saturated carbocycles. The van der Waals surface area contributed by atoms with Crippen LogP contribution in [0.1, 0.15) is 5.56 Å². The summed E-state index contributed by atoms with van der Waals surface area (Å²) >= 11 is 0. The molecule has 0 unspecified atom stereocenters. The number of aromatic nitrogens is 3. The summed E-state index contributed by atoms with van der Waals surface area (Å²) in [5.74, 6) is 0. The maximum absolute atomic E-state index is 13.0. The van der Waals surface area contributed by atoms with E-state index in [1.807, 2.05) is 13.0 Å². The van der Waals surface area contributed by atoms with Crippen LogP contribution in [0.15, 0.2) is 72.4 Å². The molecule has 0 atom stereocenters. The largest absolute Gasteiger partial charge is 0.268 e. The Morgan fingerprint density at radius 2 is 1.83 bits per heavy atom. The number of anilines is 1. The van der Waals surface area contributed by atoms with Crippen molar-refractivity contribution in [3.8, 4) is 11.3 Å². The van der Waals surface area contributed by atoms with Gasteiger partial charge in [0.15, 0.2) is 0 Å². The number of H-pyrrole nitrogens is 1. The van der Waals surface area contributed by atoms with Crippen LogP contribution < -0.4 is 4.31 Å². The summed E-state index contributed by atoms with van der Waals surface area (Å²) in [4.78, 5) is 0.197. The predicted molar refractivity (Wildman–Crippen MR) is 92.9 cm³/mol. The summed E-state index contributed by atoms with van der Waals surface area (Å²) in [6.07, 6.45) is 2.83. The van der Waals surface area contributed by atoms with Crippen LogP contribution in [0.25, 0.3) is 11.3 Å². The number of sulfonamides is 1. The van der Waals surface area contributed by atoms with Gasteiger partial charge in [0.25, 0.3) is 10.0 Å². The lowest BCUT2D eigenvalue weighted by atomic mass is 10.1. The highest BCUT2D eigenvalue weighted by molar-refractivity contribution is 7.93. The molecule has 0 aliphatic rings. The fraction of sp³-hybridized carbons (Fsp3) is 0.0588. The van der Waals surface area contributed by atoms with Crippen LogP contribution in [0, 0.1) is 6.92 Å². The number of hydrogen-bond acceptors (Lipinski definition) is 4. The molecule has 0 amide bonds. The van der Waals surface area contributed by atoms with Crippen molar-refractivity contribution in [1.82, 2.24) is 15.4 Å². The van der Waals surface area contributed by atoms with Gasteiger partial charge in [0.05, 0.1) is 16.8 Å². The van der Waals surface area contributed by atoms with Gasteiger partial charge in [-0.3, -0.25) is 0 Å². The monoisotopic (exact) mass is 340 g/mol. The van der Waals surface area contributed by atoms with E-state index in [9.17, 15) is 8.42 Å². The Hall–Kier alpha value is -2.93. The van der Waals surface area contributed by atoms with Gasteiger partial charge in [0, 0.05) is 11.8 Å². The number of rotatable bonds is 5. The Balaban J connectivity index is 2.13. The van der Waals surface area contributed by atoms with Gasteiger partial charge >= 0.3 is 0 Å². The zero-order valence-electron chi connectivity index (χ0n) is 13.0. The second-order valence-electron chi connectivity index (χ2n) is 5.17. The fourth-order valence-corrected chi connectivity index (χ4v) is 3.69. The smallest absolute Gasteiger partial charge is 0.242 e. The zero-order valence-corrected chi connectivity index (χ0v) is 13.9. The van der Waals surface area contributed by atoms with E-state index in [2.05, 4.69) is 22.0 Å². The molecule has 0 bridgehead atoms. The van der Waals surface area contributed by atoms with Gasteiger partial charge in [-0.1, -0.05) is 42.5 Å². The minimum Gasteiger partial charge on any atom is -0.242 e. The zero-order chi connectivity index (χ0) is 17.2. The lowest BCUT2D eigenvalue weighted by molar-refractivity contribution is 0.596. The molecule has 122 valence electrons. The summed E-state index contributed by atoms with van der Waals surface area (Å²) in [6.45, 7) is 5.58. The SMILES string of the molecule is C=CN(c1ccccc1-c1cn[nH]n1)S(=O)(=O)c1ccc(C)cc1. The van der Waals surface area contributed by atoms with Gasteiger partial charge in [-0.25, -0.2) is 12.7 Å². The van der Waals surface area contributed by atoms with E-state index >= 15 is 0 Å². The highest BCUT2D eigenvalue weighted by Crippen LogP contribution is 2.32. The third-order valence-electron chi connectivity index (χ3n) is 3.58. The van der Waals surface area contributed by atoms with Crippen LogP contribution in [0.5, 0.6) is 0 Å². The van der Waals surface area contributed by atoms with E-state index in [1.54, 1.807) is 48.7 Å². The normalized spacial score (nSPS) is 11.2. The van der Waals surface area contributed by atoms with Crippen LogP contribution in [-0.2, 0) is 10.0 Å². The van der Waals surface area contributed by atoms with Crippen molar-refractivity contribution in [2.75, 3.05) is 4.31 Å². The Morgan fingerprint density at radius 3 is 2.46 bits per heavy atom. The minimum absolute atomic E-state index is 0.197. The maximum atomic E-state index is 13.0. The van der Waals surface area contributed by atoms with Crippen molar-refractivity contribution in [2.24, 2.45) is 0 Å². The molecule has 0 radical (unpaired) electrons. The van der Waals surface area contributed by atoms with Crippen LogP contribution in [-0.4, -0.2) is 23.8 Å². The standard InChI is InChI=1S/C17H16N4O2S/c1-3-21(24(22,23)14-10-8-13(2)9-11-14)17-7-5-4-6-15(17)16-12-18-20-19-16/h3-12H,1H2,2H3,(H,18,19,20). The lowest BCUT2D eigenvalue weighted by Gasteiger charge is -2.22. The van der Waals surface area contributed by atoms with Gasteiger partial charge in [-0.05, 0) is 25.1 Å². The number of hydrogen-bond donors (Lipinski definition) is 1. The molecule has 0 spiro atoms. The first-order valence-electron chi connectivity index (χ1n) is 7.23. The molecule has 0 saturated heterocycles. The number of nitrogens with one attached hydrogen (secondary N) is 1. The average Bonchev–Trinajstić information content (AvgIpc) is 3.10. The van der Waals surface area contributed by atoms with E-state index in [-0.39, 0.29) is 4.90 Å². The van der Waals surface area contributed by atoms with E-state index in [4.69, 9.17) is 0 Å². The molecule has 3 aromatic rings. The topological polar surface area (TPSA) is 79.0 Å². The number of para-hydroxylation sites is 1. The fourth-order valence-electron chi connectivity index (χ4n) is 2.36. The van der Waals surface area contributed by atoms with Crippen LogP contribution in [0.3, 0.4) is 0 Å². The van der Waals surface area contributed by atoms with Gasteiger partial charge in [-0.2, -0.15) is 15.4 Å². The summed E-state index contributed by atoms with van der Waals surface area (Å²) in [6, 6.07) is 13.8. The van der Waals surface area contributed by atoms with E-state index in [0.717, 1.165) is 9.87 Å². The average molecular weight is 340 g/mol. The molecule has 0 aliphatic carbocycles. The van der Waals surface area contributed by atoms with E-state index in [1.165, 1.54) is 6.20 Å². The van der Waals surface area contributed by atoms with Crippen molar-refractivity contribution in [2.45, 2.75) is 11.8 Å². The second kappa shape index (κ2) is 6.29. The summed E-state index contributed by atoms with van der Waals surface area (Å²) in [7, 11) is -3.78. The second-order valence-corrected chi connectivity index (χ2v) is 6.98. The van der Waals surface area contributed by atoms with Crippen LogP contribution in [0.4, 0.5) is 5.69 Å². The van der Waals surface area contributed by atoms with Crippen LogP contribution in [0.2, 0.25) is 0 Å². The van der Waals surface area contributed by atoms with Gasteiger partial charge < -0.3 is 0 Å². The molecular formula is C17H16N4O2S. The summed E-state index contributed by atoms with van der Waals surface area (Å²) in [5.41, 5.74) is 2.64. The first-order valence-corrected chi connectivity index (χ1v) is 8.67. The minimum atomic E-state index is -3.78. The molecule has 0 fully saturated rings. The maximum Gasteiger partial charge on any atom is 0.268 e. The number of aromatic amines is 1. The van der Waals surface area contributed by atoms with Crippen LogP contribution >= 0.6 is 0 Å². The van der Waals surface area contributed by atoms with E-state index in [0.29, 0.717) is 16.9 Å². The molecule has 1 N–H and O–H groups in total. The molecule has 1 aromatic heterocycles. The highest BCUT2D eigenvalue weighted by atomic mass is 32.2. The summed E-state index contributed by atoms with van der Waals surface area (Å²) in [5, 5.41) is 10.4.